The fraction of sp³-hybridized carbons (Fsp3) is 0.545. The van der Waals surface area contributed by atoms with Crippen molar-refractivity contribution in [3.8, 4) is 0 Å². The van der Waals surface area contributed by atoms with E-state index in [4.69, 9.17) is 14.0 Å². The van der Waals surface area contributed by atoms with Gasteiger partial charge in [0.1, 0.15) is 12.4 Å². The highest BCUT2D eigenvalue weighted by Gasteiger charge is 2.26. The molecular formula is C11H15NO5. The summed E-state index contributed by atoms with van der Waals surface area (Å²) in [5.74, 6) is -0.712. The van der Waals surface area contributed by atoms with Crippen molar-refractivity contribution in [3.05, 3.63) is 17.0 Å². The molecule has 6 nitrogen and oxygen atoms in total. The number of Topliss-reactive ketones (excluding diaryl/α,β-unsaturated/α-hetero) is 1. The SMILES string of the molecule is CCOCC(=O)c1c(C(=O)OCC)noc1C. The second-order valence-electron chi connectivity index (χ2n) is 3.24. The third-order valence-electron chi connectivity index (χ3n) is 2.05. The molecule has 0 aliphatic carbocycles. The maximum absolute atomic E-state index is 11.8. The molecule has 1 heterocycles. The number of hydrogen-bond donors (Lipinski definition) is 0. The number of aryl methyl sites for hydroxylation is 1. The van der Waals surface area contributed by atoms with Gasteiger partial charge in [-0.05, 0) is 20.8 Å². The summed E-state index contributed by atoms with van der Waals surface area (Å²) >= 11 is 0. The Balaban J connectivity index is 2.93. The van der Waals surface area contributed by atoms with Gasteiger partial charge in [0.15, 0.2) is 5.78 Å². The highest BCUT2D eigenvalue weighted by atomic mass is 16.5. The Bertz CT molecular complexity index is 410. The molecule has 17 heavy (non-hydrogen) atoms. The second kappa shape index (κ2) is 6.15. The molecule has 0 aliphatic heterocycles. The van der Waals surface area contributed by atoms with E-state index < -0.39 is 5.97 Å². The van der Waals surface area contributed by atoms with Crippen LogP contribution in [0.1, 0.15) is 40.5 Å². The van der Waals surface area contributed by atoms with Crippen molar-refractivity contribution < 1.29 is 23.6 Å². The van der Waals surface area contributed by atoms with E-state index in [1.165, 1.54) is 0 Å². The van der Waals surface area contributed by atoms with E-state index in [1.54, 1.807) is 20.8 Å². The van der Waals surface area contributed by atoms with Gasteiger partial charge in [0.05, 0.1) is 12.2 Å². The number of nitrogens with zero attached hydrogens (tertiary/aromatic N) is 1. The maximum Gasteiger partial charge on any atom is 0.361 e. The Morgan fingerprint density at radius 2 is 2.00 bits per heavy atom. The van der Waals surface area contributed by atoms with Crippen molar-refractivity contribution in [1.82, 2.24) is 5.16 Å². The zero-order chi connectivity index (χ0) is 12.8. The second-order valence-corrected chi connectivity index (χ2v) is 3.24. The van der Waals surface area contributed by atoms with Crippen LogP contribution in [0.25, 0.3) is 0 Å². The van der Waals surface area contributed by atoms with Gasteiger partial charge < -0.3 is 14.0 Å². The van der Waals surface area contributed by atoms with Gasteiger partial charge >= 0.3 is 5.97 Å². The number of esters is 1. The number of ketones is 1. The van der Waals surface area contributed by atoms with Gasteiger partial charge in [-0.15, -0.1) is 0 Å². The van der Waals surface area contributed by atoms with Crippen LogP contribution in [0.4, 0.5) is 0 Å². The smallest absolute Gasteiger partial charge is 0.361 e. The summed E-state index contributed by atoms with van der Waals surface area (Å²) in [6, 6.07) is 0. The molecule has 0 amide bonds. The summed E-state index contributed by atoms with van der Waals surface area (Å²) in [6.07, 6.45) is 0. The van der Waals surface area contributed by atoms with Crippen molar-refractivity contribution >= 4 is 11.8 Å². The monoisotopic (exact) mass is 241 g/mol. The minimum Gasteiger partial charge on any atom is -0.461 e. The number of aromatic nitrogens is 1. The number of carbonyl (C=O) groups excluding carboxylic acids is 2. The molecule has 1 rings (SSSR count). The summed E-state index contributed by atoms with van der Waals surface area (Å²) in [5.41, 5.74) is 0.0472. The minimum atomic E-state index is -0.663. The van der Waals surface area contributed by atoms with Crippen molar-refractivity contribution in [2.45, 2.75) is 20.8 Å². The predicted molar refractivity (Wildman–Crippen MR) is 58.0 cm³/mol. The molecule has 6 heteroatoms. The van der Waals surface area contributed by atoms with E-state index in [9.17, 15) is 9.59 Å². The lowest BCUT2D eigenvalue weighted by Gasteiger charge is -2.02. The van der Waals surface area contributed by atoms with Gasteiger partial charge in [0.25, 0.3) is 0 Å². The van der Waals surface area contributed by atoms with Crippen LogP contribution in [0.3, 0.4) is 0 Å². The van der Waals surface area contributed by atoms with Gasteiger partial charge in [-0.2, -0.15) is 0 Å². The van der Waals surface area contributed by atoms with Gasteiger partial charge in [-0.25, -0.2) is 4.79 Å². The minimum absolute atomic E-state index is 0.0888. The molecule has 94 valence electrons. The van der Waals surface area contributed by atoms with E-state index in [2.05, 4.69) is 5.16 Å². The third-order valence-corrected chi connectivity index (χ3v) is 2.05. The van der Waals surface area contributed by atoms with E-state index >= 15 is 0 Å². The quantitative estimate of drug-likeness (QED) is 0.553. The fourth-order valence-electron chi connectivity index (χ4n) is 1.31. The summed E-state index contributed by atoms with van der Waals surface area (Å²) in [4.78, 5) is 23.3. The molecule has 1 aromatic heterocycles. The predicted octanol–water partition coefficient (Wildman–Crippen LogP) is 1.38. The first-order valence-corrected chi connectivity index (χ1v) is 5.36. The van der Waals surface area contributed by atoms with Crippen LogP contribution in [-0.2, 0) is 9.47 Å². The molecule has 0 unspecified atom stereocenters. The third kappa shape index (κ3) is 3.13. The van der Waals surface area contributed by atoms with Crippen LogP contribution in [0, 0.1) is 6.92 Å². The van der Waals surface area contributed by atoms with E-state index in [1.807, 2.05) is 0 Å². The molecule has 1 aromatic rings. The Kier molecular flexibility index (Phi) is 4.84. The Morgan fingerprint density at radius 1 is 1.29 bits per heavy atom. The maximum atomic E-state index is 11.8. The summed E-state index contributed by atoms with van der Waals surface area (Å²) in [6.45, 7) is 5.54. The van der Waals surface area contributed by atoms with Crippen LogP contribution in [-0.4, -0.2) is 36.7 Å². The van der Waals surface area contributed by atoms with Crippen LogP contribution in [0.15, 0.2) is 4.52 Å². The molecule has 0 saturated heterocycles. The van der Waals surface area contributed by atoms with Crippen molar-refractivity contribution in [2.75, 3.05) is 19.8 Å². The lowest BCUT2D eigenvalue weighted by Crippen LogP contribution is -2.15. The standard InChI is InChI=1S/C11H15NO5/c1-4-15-6-8(13)9-7(3)17-12-10(9)11(14)16-5-2/h4-6H2,1-3H3. The Hall–Kier alpha value is -1.69. The molecular weight excluding hydrogens is 226 g/mol. The van der Waals surface area contributed by atoms with Gasteiger partial charge in [-0.3, -0.25) is 4.79 Å². The first-order valence-electron chi connectivity index (χ1n) is 5.36. The normalized spacial score (nSPS) is 10.3. The lowest BCUT2D eigenvalue weighted by atomic mass is 10.1. The first-order chi connectivity index (χ1) is 8.11. The molecule has 0 radical (unpaired) electrons. The number of carbonyl (C=O) groups is 2. The summed E-state index contributed by atoms with van der Waals surface area (Å²) in [5, 5.41) is 3.54. The number of rotatable bonds is 6. The molecule has 0 aromatic carbocycles. The van der Waals surface area contributed by atoms with E-state index in [0.717, 1.165) is 0 Å². The molecule has 0 atom stereocenters. The molecule has 0 bridgehead atoms. The molecule has 0 aliphatic rings. The number of ether oxygens (including phenoxy) is 2. The van der Waals surface area contributed by atoms with Gasteiger partial charge in [0.2, 0.25) is 5.69 Å². The summed E-state index contributed by atoms with van der Waals surface area (Å²) < 4.78 is 14.6. The van der Waals surface area contributed by atoms with Crippen molar-refractivity contribution in [3.63, 3.8) is 0 Å². The highest BCUT2D eigenvalue weighted by Crippen LogP contribution is 2.15. The number of hydrogen-bond acceptors (Lipinski definition) is 6. The zero-order valence-electron chi connectivity index (χ0n) is 10.1. The average Bonchev–Trinajstić information content (AvgIpc) is 2.68. The fourth-order valence-corrected chi connectivity index (χ4v) is 1.31. The molecule has 0 N–H and O–H groups in total. The van der Waals surface area contributed by atoms with E-state index in [0.29, 0.717) is 6.61 Å². The van der Waals surface area contributed by atoms with Crippen LogP contribution < -0.4 is 0 Å². The average molecular weight is 241 g/mol. The van der Waals surface area contributed by atoms with Crippen LogP contribution in [0.2, 0.25) is 0 Å². The largest absolute Gasteiger partial charge is 0.461 e. The van der Waals surface area contributed by atoms with Gasteiger partial charge in [0, 0.05) is 6.61 Å². The lowest BCUT2D eigenvalue weighted by molar-refractivity contribution is 0.0509. The van der Waals surface area contributed by atoms with Crippen LogP contribution in [0.5, 0.6) is 0 Å². The van der Waals surface area contributed by atoms with Crippen molar-refractivity contribution in [2.24, 2.45) is 0 Å². The Morgan fingerprint density at radius 3 is 2.59 bits per heavy atom. The van der Waals surface area contributed by atoms with Gasteiger partial charge in [-0.1, -0.05) is 5.16 Å². The summed E-state index contributed by atoms with van der Waals surface area (Å²) in [7, 11) is 0. The first kappa shape index (κ1) is 13.4. The molecule has 0 fully saturated rings. The van der Waals surface area contributed by atoms with Crippen LogP contribution >= 0.6 is 0 Å². The topological polar surface area (TPSA) is 78.6 Å². The van der Waals surface area contributed by atoms with Crippen molar-refractivity contribution in [1.29, 1.82) is 0 Å². The Labute approximate surface area is 98.9 Å². The zero-order valence-corrected chi connectivity index (χ0v) is 10.1. The highest BCUT2D eigenvalue weighted by molar-refractivity contribution is 6.06. The molecule has 0 spiro atoms. The van der Waals surface area contributed by atoms with E-state index in [-0.39, 0.29) is 36.0 Å². The molecule has 0 saturated carbocycles.